The van der Waals surface area contributed by atoms with E-state index in [1.165, 1.54) is 0 Å². The third kappa shape index (κ3) is 1.15. The highest BCUT2D eigenvalue weighted by atomic mass is 19.3. The second kappa shape index (κ2) is 2.82. The summed E-state index contributed by atoms with van der Waals surface area (Å²) in [7, 11) is 0. The molecule has 10 heavy (non-hydrogen) atoms. The van der Waals surface area contributed by atoms with Crippen LogP contribution in [0.25, 0.3) is 0 Å². The van der Waals surface area contributed by atoms with Crippen LogP contribution in [0, 0.1) is 0 Å². The molecule has 0 aromatic rings. The van der Waals surface area contributed by atoms with Gasteiger partial charge in [0.2, 0.25) is 0 Å². The fraction of sp³-hybridized carbons (Fsp3) is 1.00. The standard InChI is InChI=1S/C7H13F2N/c1-2-7(6(8)9)4-3-5-10-7/h6,10H,2-5H2,1H3. The highest BCUT2D eigenvalue weighted by Gasteiger charge is 2.40. The Hall–Kier alpha value is -0.180. The van der Waals surface area contributed by atoms with E-state index in [2.05, 4.69) is 5.32 Å². The van der Waals surface area contributed by atoms with Gasteiger partial charge in [-0.05, 0) is 25.8 Å². The Bertz CT molecular complexity index is 108. The van der Waals surface area contributed by atoms with E-state index in [1.807, 2.05) is 6.92 Å². The van der Waals surface area contributed by atoms with Crippen LogP contribution in [0.15, 0.2) is 0 Å². The predicted octanol–water partition coefficient (Wildman–Crippen LogP) is 1.78. The molecule has 1 fully saturated rings. The molecule has 1 rings (SSSR count). The van der Waals surface area contributed by atoms with E-state index in [4.69, 9.17) is 0 Å². The van der Waals surface area contributed by atoms with Gasteiger partial charge in [-0.1, -0.05) is 6.92 Å². The summed E-state index contributed by atoms with van der Waals surface area (Å²) in [6.07, 6.45) is -0.163. The van der Waals surface area contributed by atoms with E-state index in [0.29, 0.717) is 12.8 Å². The van der Waals surface area contributed by atoms with Crippen molar-refractivity contribution in [3.63, 3.8) is 0 Å². The van der Waals surface area contributed by atoms with Gasteiger partial charge in [0.15, 0.2) is 0 Å². The molecule has 1 saturated heterocycles. The zero-order valence-electron chi connectivity index (χ0n) is 6.16. The second-order valence-electron chi connectivity index (χ2n) is 2.84. The lowest BCUT2D eigenvalue weighted by atomic mass is 9.95. The number of hydrogen-bond donors (Lipinski definition) is 1. The van der Waals surface area contributed by atoms with E-state index in [0.717, 1.165) is 13.0 Å². The number of halogens is 2. The van der Waals surface area contributed by atoms with Crippen LogP contribution in [0.1, 0.15) is 26.2 Å². The normalized spacial score (nSPS) is 33.6. The molecular formula is C7H13F2N. The zero-order valence-corrected chi connectivity index (χ0v) is 6.16. The maximum atomic E-state index is 12.3. The van der Waals surface area contributed by atoms with Crippen molar-refractivity contribution < 1.29 is 8.78 Å². The fourth-order valence-electron chi connectivity index (χ4n) is 1.47. The average Bonchev–Trinajstić information content (AvgIpc) is 2.35. The van der Waals surface area contributed by atoms with Crippen LogP contribution in [0.2, 0.25) is 0 Å². The molecule has 0 amide bonds. The maximum Gasteiger partial charge on any atom is 0.256 e. The van der Waals surface area contributed by atoms with Crippen molar-refractivity contribution in [3.8, 4) is 0 Å². The summed E-state index contributed by atoms with van der Waals surface area (Å²) in [6.45, 7) is 2.56. The largest absolute Gasteiger partial charge is 0.306 e. The lowest BCUT2D eigenvalue weighted by molar-refractivity contribution is 0.0387. The Morgan fingerprint density at radius 2 is 2.30 bits per heavy atom. The van der Waals surface area contributed by atoms with Gasteiger partial charge < -0.3 is 5.32 Å². The molecule has 1 heterocycles. The molecule has 1 aliphatic rings. The summed E-state index contributed by atoms with van der Waals surface area (Å²) in [5.41, 5.74) is -0.847. The minimum absolute atomic E-state index is 0.532. The molecule has 1 N–H and O–H groups in total. The zero-order chi connectivity index (χ0) is 7.61. The summed E-state index contributed by atoms with van der Waals surface area (Å²) in [4.78, 5) is 0. The van der Waals surface area contributed by atoms with Crippen molar-refractivity contribution in [2.24, 2.45) is 0 Å². The molecule has 0 spiro atoms. The minimum Gasteiger partial charge on any atom is -0.306 e. The highest BCUT2D eigenvalue weighted by Crippen LogP contribution is 2.29. The smallest absolute Gasteiger partial charge is 0.256 e. The van der Waals surface area contributed by atoms with E-state index < -0.39 is 12.0 Å². The SMILES string of the molecule is CCC1(C(F)F)CCCN1. The summed E-state index contributed by atoms with van der Waals surface area (Å²) in [5.74, 6) is 0. The highest BCUT2D eigenvalue weighted by molar-refractivity contribution is 4.93. The lowest BCUT2D eigenvalue weighted by Crippen LogP contribution is -2.45. The van der Waals surface area contributed by atoms with Gasteiger partial charge in [0.05, 0.1) is 5.54 Å². The predicted molar refractivity (Wildman–Crippen MR) is 36.3 cm³/mol. The minimum atomic E-state index is -2.21. The van der Waals surface area contributed by atoms with Crippen LogP contribution in [0.5, 0.6) is 0 Å². The van der Waals surface area contributed by atoms with Crippen LogP contribution in [0.4, 0.5) is 8.78 Å². The molecule has 3 heteroatoms. The molecule has 0 bridgehead atoms. The second-order valence-corrected chi connectivity index (χ2v) is 2.84. The lowest BCUT2D eigenvalue weighted by Gasteiger charge is -2.26. The van der Waals surface area contributed by atoms with Crippen molar-refractivity contribution in [2.75, 3.05) is 6.54 Å². The van der Waals surface area contributed by atoms with Gasteiger partial charge in [0.25, 0.3) is 6.43 Å². The van der Waals surface area contributed by atoms with Crippen LogP contribution >= 0.6 is 0 Å². The average molecular weight is 149 g/mol. The molecule has 0 saturated carbocycles. The fourth-order valence-corrected chi connectivity index (χ4v) is 1.47. The van der Waals surface area contributed by atoms with Gasteiger partial charge in [-0.15, -0.1) is 0 Å². The van der Waals surface area contributed by atoms with Crippen molar-refractivity contribution in [3.05, 3.63) is 0 Å². The molecule has 1 unspecified atom stereocenters. The van der Waals surface area contributed by atoms with E-state index in [9.17, 15) is 8.78 Å². The van der Waals surface area contributed by atoms with Crippen molar-refractivity contribution in [1.82, 2.24) is 5.32 Å². The van der Waals surface area contributed by atoms with Crippen LogP contribution < -0.4 is 5.32 Å². The van der Waals surface area contributed by atoms with E-state index in [-0.39, 0.29) is 0 Å². The third-order valence-electron chi connectivity index (χ3n) is 2.33. The summed E-state index contributed by atoms with van der Waals surface area (Å²) in [6, 6.07) is 0. The van der Waals surface area contributed by atoms with Gasteiger partial charge in [0.1, 0.15) is 0 Å². The third-order valence-corrected chi connectivity index (χ3v) is 2.33. The Morgan fingerprint density at radius 1 is 1.60 bits per heavy atom. The van der Waals surface area contributed by atoms with Gasteiger partial charge in [-0.25, -0.2) is 8.78 Å². The maximum absolute atomic E-state index is 12.3. The molecule has 60 valence electrons. The van der Waals surface area contributed by atoms with Gasteiger partial charge in [-0.3, -0.25) is 0 Å². The molecule has 0 aliphatic carbocycles. The molecular weight excluding hydrogens is 136 g/mol. The first-order valence-corrected chi connectivity index (χ1v) is 3.74. The van der Waals surface area contributed by atoms with Gasteiger partial charge >= 0.3 is 0 Å². The number of rotatable bonds is 2. The van der Waals surface area contributed by atoms with Crippen molar-refractivity contribution >= 4 is 0 Å². The molecule has 1 atom stereocenters. The van der Waals surface area contributed by atoms with Crippen LogP contribution in [-0.2, 0) is 0 Å². The number of nitrogens with one attached hydrogen (secondary N) is 1. The summed E-state index contributed by atoms with van der Waals surface area (Å²) < 4.78 is 24.7. The first-order valence-electron chi connectivity index (χ1n) is 3.74. The molecule has 0 aromatic heterocycles. The first kappa shape index (κ1) is 7.92. The number of hydrogen-bond acceptors (Lipinski definition) is 1. The monoisotopic (exact) mass is 149 g/mol. The Morgan fingerprint density at radius 3 is 2.50 bits per heavy atom. The van der Waals surface area contributed by atoms with Crippen molar-refractivity contribution in [2.45, 2.75) is 38.2 Å². The Balaban J connectivity index is 2.58. The molecule has 0 aromatic carbocycles. The number of alkyl halides is 2. The van der Waals surface area contributed by atoms with Crippen LogP contribution in [0.3, 0.4) is 0 Å². The molecule has 1 aliphatic heterocycles. The molecule has 0 radical (unpaired) electrons. The summed E-state index contributed by atoms with van der Waals surface area (Å²) >= 11 is 0. The van der Waals surface area contributed by atoms with Crippen molar-refractivity contribution in [1.29, 1.82) is 0 Å². The topological polar surface area (TPSA) is 12.0 Å². The molecule has 1 nitrogen and oxygen atoms in total. The van der Waals surface area contributed by atoms with E-state index in [1.54, 1.807) is 0 Å². The Kier molecular flexibility index (Phi) is 2.24. The van der Waals surface area contributed by atoms with E-state index >= 15 is 0 Å². The quantitative estimate of drug-likeness (QED) is 0.631. The van der Waals surface area contributed by atoms with Gasteiger partial charge in [-0.2, -0.15) is 0 Å². The first-order chi connectivity index (χ1) is 4.71. The Labute approximate surface area is 59.8 Å². The van der Waals surface area contributed by atoms with Crippen LogP contribution in [-0.4, -0.2) is 18.5 Å². The van der Waals surface area contributed by atoms with Gasteiger partial charge in [0, 0.05) is 0 Å². The summed E-state index contributed by atoms with van der Waals surface area (Å²) in [5, 5.41) is 2.87.